The van der Waals surface area contributed by atoms with Crippen LogP contribution in [-0.4, -0.2) is 39.3 Å². The third-order valence-electron chi connectivity index (χ3n) is 3.36. The maximum Gasteiger partial charge on any atom is 0.241 e. The molecule has 1 heterocycles. The fraction of sp³-hybridized carbons (Fsp3) is 0.429. The van der Waals surface area contributed by atoms with Crippen LogP contribution in [0, 0.1) is 0 Å². The van der Waals surface area contributed by atoms with Crippen molar-refractivity contribution in [2.45, 2.75) is 25.4 Å². The smallest absolute Gasteiger partial charge is 0.241 e. The number of benzene rings is 1. The van der Waals surface area contributed by atoms with Crippen molar-refractivity contribution in [3.05, 3.63) is 35.2 Å². The molecule has 0 radical (unpaired) electrons. The van der Waals surface area contributed by atoms with Crippen molar-refractivity contribution in [2.24, 2.45) is 0 Å². The lowest BCUT2D eigenvalue weighted by Gasteiger charge is -2.17. The van der Waals surface area contributed by atoms with Crippen LogP contribution in [0.4, 0.5) is 0 Å². The number of rotatable bonds is 6. The summed E-state index contributed by atoms with van der Waals surface area (Å²) < 4.78 is 5.29. The SMILES string of the molecule is OCCN(Cc1nc(-c2ccc(Cl)cc2)no1)C1CC1. The fourth-order valence-corrected chi connectivity index (χ4v) is 2.29. The second-order valence-electron chi connectivity index (χ2n) is 4.94. The molecule has 2 aromatic rings. The zero-order valence-electron chi connectivity index (χ0n) is 11.0. The Morgan fingerprint density at radius 3 is 2.70 bits per heavy atom. The Hall–Kier alpha value is -1.43. The highest BCUT2D eigenvalue weighted by molar-refractivity contribution is 6.30. The largest absolute Gasteiger partial charge is 0.395 e. The highest BCUT2D eigenvalue weighted by atomic mass is 35.5. The minimum atomic E-state index is 0.147. The fourth-order valence-electron chi connectivity index (χ4n) is 2.17. The molecule has 20 heavy (non-hydrogen) atoms. The molecule has 106 valence electrons. The van der Waals surface area contributed by atoms with E-state index in [2.05, 4.69) is 15.0 Å². The summed E-state index contributed by atoms with van der Waals surface area (Å²) in [7, 11) is 0. The zero-order chi connectivity index (χ0) is 13.9. The molecule has 6 heteroatoms. The molecule has 1 saturated carbocycles. The van der Waals surface area contributed by atoms with Crippen molar-refractivity contribution in [2.75, 3.05) is 13.2 Å². The normalized spacial score (nSPS) is 14.9. The molecule has 0 amide bonds. The van der Waals surface area contributed by atoms with E-state index in [0.29, 0.717) is 35.9 Å². The van der Waals surface area contributed by atoms with Gasteiger partial charge in [0, 0.05) is 23.2 Å². The van der Waals surface area contributed by atoms with E-state index in [4.69, 9.17) is 21.2 Å². The number of hydrogen-bond donors (Lipinski definition) is 1. The molecule has 5 nitrogen and oxygen atoms in total. The summed E-state index contributed by atoms with van der Waals surface area (Å²) in [5.74, 6) is 1.15. The van der Waals surface area contributed by atoms with E-state index in [1.807, 2.05) is 12.1 Å². The Morgan fingerprint density at radius 2 is 2.05 bits per heavy atom. The number of aliphatic hydroxyl groups excluding tert-OH is 1. The molecule has 1 fully saturated rings. The second-order valence-corrected chi connectivity index (χ2v) is 5.38. The van der Waals surface area contributed by atoms with Crippen LogP contribution in [-0.2, 0) is 6.54 Å². The van der Waals surface area contributed by atoms with Crippen LogP contribution in [0.5, 0.6) is 0 Å². The van der Waals surface area contributed by atoms with Crippen molar-refractivity contribution in [3.8, 4) is 11.4 Å². The first kappa shape index (κ1) is 13.5. The van der Waals surface area contributed by atoms with Gasteiger partial charge in [0.1, 0.15) is 0 Å². The number of aromatic nitrogens is 2. The predicted molar refractivity (Wildman–Crippen MR) is 75.3 cm³/mol. The monoisotopic (exact) mass is 293 g/mol. The van der Waals surface area contributed by atoms with E-state index in [0.717, 1.165) is 5.56 Å². The number of nitrogens with zero attached hydrogens (tertiary/aromatic N) is 3. The molecule has 0 unspecified atom stereocenters. The van der Waals surface area contributed by atoms with Gasteiger partial charge < -0.3 is 9.63 Å². The van der Waals surface area contributed by atoms with Crippen LogP contribution in [0.15, 0.2) is 28.8 Å². The molecule has 0 atom stereocenters. The molecule has 0 bridgehead atoms. The predicted octanol–water partition coefficient (Wildman–Crippen LogP) is 2.35. The van der Waals surface area contributed by atoms with E-state index in [-0.39, 0.29) is 6.61 Å². The molecule has 1 aliphatic rings. The summed E-state index contributed by atoms with van der Waals surface area (Å²) in [4.78, 5) is 6.58. The highest BCUT2D eigenvalue weighted by Crippen LogP contribution is 2.28. The highest BCUT2D eigenvalue weighted by Gasteiger charge is 2.29. The van der Waals surface area contributed by atoms with Crippen molar-refractivity contribution in [1.29, 1.82) is 0 Å². The molecule has 1 aliphatic carbocycles. The molecule has 0 aliphatic heterocycles. The zero-order valence-corrected chi connectivity index (χ0v) is 11.8. The van der Waals surface area contributed by atoms with Crippen molar-refractivity contribution in [3.63, 3.8) is 0 Å². The molecule has 0 spiro atoms. The minimum Gasteiger partial charge on any atom is -0.395 e. The maximum absolute atomic E-state index is 9.08. The van der Waals surface area contributed by atoms with Crippen LogP contribution < -0.4 is 0 Å². The van der Waals surface area contributed by atoms with E-state index >= 15 is 0 Å². The Morgan fingerprint density at radius 1 is 1.30 bits per heavy atom. The topological polar surface area (TPSA) is 62.4 Å². The lowest BCUT2D eigenvalue weighted by atomic mass is 10.2. The number of halogens is 1. The minimum absolute atomic E-state index is 0.147. The van der Waals surface area contributed by atoms with E-state index in [1.54, 1.807) is 12.1 Å². The third kappa shape index (κ3) is 3.17. The summed E-state index contributed by atoms with van der Waals surface area (Å²) >= 11 is 5.86. The molecule has 3 rings (SSSR count). The third-order valence-corrected chi connectivity index (χ3v) is 3.61. The van der Waals surface area contributed by atoms with Crippen LogP contribution in [0.1, 0.15) is 18.7 Å². The number of hydrogen-bond acceptors (Lipinski definition) is 5. The first-order valence-corrected chi connectivity index (χ1v) is 7.07. The van der Waals surface area contributed by atoms with Gasteiger partial charge in [0.25, 0.3) is 0 Å². The summed E-state index contributed by atoms with van der Waals surface area (Å²) in [6.07, 6.45) is 2.36. The summed E-state index contributed by atoms with van der Waals surface area (Å²) in [6, 6.07) is 7.88. The van der Waals surface area contributed by atoms with Crippen molar-refractivity contribution < 1.29 is 9.63 Å². The van der Waals surface area contributed by atoms with Gasteiger partial charge in [-0.3, -0.25) is 4.90 Å². The second kappa shape index (κ2) is 5.91. The van der Waals surface area contributed by atoms with Gasteiger partial charge in [0.05, 0.1) is 13.2 Å². The van der Waals surface area contributed by atoms with Crippen LogP contribution in [0.3, 0.4) is 0 Å². The summed E-state index contributed by atoms with van der Waals surface area (Å²) in [5.41, 5.74) is 0.879. The molecular formula is C14H16ClN3O2. The van der Waals surface area contributed by atoms with Gasteiger partial charge >= 0.3 is 0 Å². The quantitative estimate of drug-likeness (QED) is 0.886. The Labute approximate surface area is 122 Å². The van der Waals surface area contributed by atoms with Crippen LogP contribution >= 0.6 is 11.6 Å². The Kier molecular flexibility index (Phi) is 4.00. The summed E-state index contributed by atoms with van der Waals surface area (Å²) in [6.45, 7) is 1.38. The van der Waals surface area contributed by atoms with Crippen LogP contribution in [0.2, 0.25) is 5.02 Å². The van der Waals surface area contributed by atoms with Gasteiger partial charge in [-0.05, 0) is 37.1 Å². The van der Waals surface area contributed by atoms with E-state index < -0.39 is 0 Å². The van der Waals surface area contributed by atoms with Gasteiger partial charge in [-0.1, -0.05) is 16.8 Å². The maximum atomic E-state index is 9.08. The average molecular weight is 294 g/mol. The van der Waals surface area contributed by atoms with Gasteiger partial charge in [-0.15, -0.1) is 0 Å². The Bertz CT molecular complexity index is 566. The van der Waals surface area contributed by atoms with Crippen molar-refractivity contribution in [1.82, 2.24) is 15.0 Å². The van der Waals surface area contributed by atoms with E-state index in [9.17, 15) is 0 Å². The van der Waals surface area contributed by atoms with Gasteiger partial charge in [-0.25, -0.2) is 0 Å². The van der Waals surface area contributed by atoms with Gasteiger partial charge in [0.2, 0.25) is 11.7 Å². The average Bonchev–Trinajstić information content (AvgIpc) is 3.20. The summed E-state index contributed by atoms with van der Waals surface area (Å²) in [5, 5.41) is 13.8. The molecular weight excluding hydrogens is 278 g/mol. The lowest BCUT2D eigenvalue weighted by Crippen LogP contribution is -2.28. The lowest BCUT2D eigenvalue weighted by molar-refractivity contribution is 0.167. The first-order valence-electron chi connectivity index (χ1n) is 6.69. The molecule has 1 aromatic heterocycles. The Balaban J connectivity index is 1.71. The van der Waals surface area contributed by atoms with Gasteiger partial charge in [0.15, 0.2) is 0 Å². The van der Waals surface area contributed by atoms with Crippen molar-refractivity contribution >= 4 is 11.6 Å². The molecule has 1 N–H and O–H groups in total. The standard InChI is InChI=1S/C14H16ClN3O2/c15-11-3-1-10(2-4-11)14-16-13(20-17-14)9-18(7-8-19)12-5-6-12/h1-4,12,19H,5-9H2. The molecule has 1 aromatic carbocycles. The van der Waals surface area contributed by atoms with Crippen LogP contribution in [0.25, 0.3) is 11.4 Å². The molecule has 0 saturated heterocycles. The van der Waals surface area contributed by atoms with Gasteiger partial charge in [-0.2, -0.15) is 4.98 Å². The number of aliphatic hydroxyl groups is 1. The van der Waals surface area contributed by atoms with E-state index in [1.165, 1.54) is 12.8 Å². The first-order chi connectivity index (χ1) is 9.76.